The highest BCUT2D eigenvalue weighted by molar-refractivity contribution is 7.84. The molecule has 1 unspecified atom stereocenters. The summed E-state index contributed by atoms with van der Waals surface area (Å²) in [5.41, 5.74) is 1.04. The van der Waals surface area contributed by atoms with E-state index < -0.39 is 28.0 Å². The van der Waals surface area contributed by atoms with Gasteiger partial charge in [-0.25, -0.2) is 8.93 Å². The van der Waals surface area contributed by atoms with Gasteiger partial charge in [-0.05, 0) is 39.3 Å². The molecule has 0 radical (unpaired) electrons. The van der Waals surface area contributed by atoms with E-state index in [2.05, 4.69) is 9.71 Å². The molecule has 1 aromatic heterocycles. The van der Waals surface area contributed by atoms with Crippen LogP contribution in [-0.2, 0) is 17.4 Å². The first-order valence-electron chi connectivity index (χ1n) is 6.17. The third-order valence-electron chi connectivity index (χ3n) is 2.72. The van der Waals surface area contributed by atoms with Crippen LogP contribution in [0.25, 0.3) is 0 Å². The molecule has 0 saturated heterocycles. The molecular weight excluding hydrogens is 289 g/mol. The molecular formula is C13H19F3N2OS. The van der Waals surface area contributed by atoms with Gasteiger partial charge in [0, 0.05) is 18.3 Å². The maximum atomic E-state index is 13.1. The molecule has 1 rings (SSSR count). The van der Waals surface area contributed by atoms with Crippen LogP contribution in [0.2, 0.25) is 0 Å². The van der Waals surface area contributed by atoms with E-state index >= 15 is 0 Å². The average molecular weight is 308 g/mol. The fourth-order valence-corrected chi connectivity index (χ4v) is 2.28. The summed E-state index contributed by atoms with van der Waals surface area (Å²) in [6, 6.07) is 1.50. The Kier molecular flexibility index (Phi) is 5.32. The van der Waals surface area contributed by atoms with Crippen LogP contribution in [0.15, 0.2) is 18.3 Å². The fraction of sp³-hybridized carbons (Fsp3) is 0.615. The van der Waals surface area contributed by atoms with Crippen LogP contribution >= 0.6 is 0 Å². The number of pyridine rings is 1. The summed E-state index contributed by atoms with van der Waals surface area (Å²) in [6.45, 7) is 6.57. The molecule has 1 aromatic rings. The van der Waals surface area contributed by atoms with Crippen LogP contribution in [0.5, 0.6) is 0 Å². The minimum atomic E-state index is -4.48. The molecule has 1 heterocycles. The summed E-state index contributed by atoms with van der Waals surface area (Å²) in [6.07, 6.45) is -3.36. The average Bonchev–Trinajstić information content (AvgIpc) is 2.28. The maximum absolute atomic E-state index is 13.1. The zero-order valence-corrected chi connectivity index (χ0v) is 12.7. The molecule has 0 aromatic carbocycles. The van der Waals surface area contributed by atoms with Crippen LogP contribution in [-0.4, -0.2) is 26.2 Å². The molecule has 0 saturated carbocycles. The van der Waals surface area contributed by atoms with Crippen molar-refractivity contribution in [1.82, 2.24) is 9.71 Å². The Balaban J connectivity index is 2.93. The SMILES string of the molecule is Cc1cccnc1C[C@H](NS(=O)C(C)(C)C)C(F)(F)F. The van der Waals surface area contributed by atoms with Crippen molar-refractivity contribution in [2.45, 2.75) is 51.1 Å². The van der Waals surface area contributed by atoms with Gasteiger partial charge in [-0.1, -0.05) is 6.07 Å². The van der Waals surface area contributed by atoms with E-state index in [1.54, 1.807) is 39.8 Å². The molecule has 3 nitrogen and oxygen atoms in total. The van der Waals surface area contributed by atoms with Gasteiger partial charge in [0.05, 0.1) is 15.7 Å². The molecule has 0 fully saturated rings. The van der Waals surface area contributed by atoms with Gasteiger partial charge in [-0.15, -0.1) is 0 Å². The van der Waals surface area contributed by atoms with Crippen molar-refractivity contribution in [3.63, 3.8) is 0 Å². The number of halogens is 3. The maximum Gasteiger partial charge on any atom is 0.405 e. The Morgan fingerprint density at radius 2 is 1.95 bits per heavy atom. The lowest BCUT2D eigenvalue weighted by Crippen LogP contribution is -2.48. The third kappa shape index (κ3) is 4.86. The summed E-state index contributed by atoms with van der Waals surface area (Å²) in [5, 5.41) is 0. The molecule has 0 amide bonds. The monoisotopic (exact) mass is 308 g/mol. The zero-order valence-electron chi connectivity index (χ0n) is 11.9. The summed E-state index contributed by atoms with van der Waals surface area (Å²) < 4.78 is 52.5. The van der Waals surface area contributed by atoms with Gasteiger partial charge < -0.3 is 0 Å². The Labute approximate surface area is 119 Å². The Morgan fingerprint density at radius 3 is 2.40 bits per heavy atom. The molecule has 1 N–H and O–H groups in total. The largest absolute Gasteiger partial charge is 0.405 e. The first-order chi connectivity index (χ1) is 9.01. The van der Waals surface area contributed by atoms with Crippen LogP contribution in [0.3, 0.4) is 0 Å². The van der Waals surface area contributed by atoms with E-state index in [0.29, 0.717) is 11.3 Å². The van der Waals surface area contributed by atoms with Gasteiger partial charge in [0.15, 0.2) is 0 Å². The standard InChI is InChI=1S/C13H19F3N2OS/c1-9-6-5-7-17-10(9)8-11(13(14,15)16)18-20(19)12(2,3)4/h5-7,11,18H,8H2,1-4H3/t11-,20?/m0/s1. The number of alkyl halides is 3. The van der Waals surface area contributed by atoms with Gasteiger partial charge >= 0.3 is 6.18 Å². The van der Waals surface area contributed by atoms with Crippen molar-refractivity contribution in [3.8, 4) is 0 Å². The summed E-state index contributed by atoms with van der Waals surface area (Å²) >= 11 is 0. The summed E-state index contributed by atoms with van der Waals surface area (Å²) in [5.74, 6) is 0. The smallest absolute Gasteiger partial charge is 0.261 e. The molecule has 0 aliphatic heterocycles. The highest BCUT2D eigenvalue weighted by Gasteiger charge is 2.42. The molecule has 0 aliphatic carbocycles. The van der Waals surface area contributed by atoms with Crippen molar-refractivity contribution in [2.75, 3.05) is 0 Å². The van der Waals surface area contributed by atoms with E-state index in [-0.39, 0.29) is 6.42 Å². The number of nitrogens with zero attached hydrogens (tertiary/aromatic N) is 1. The highest BCUT2D eigenvalue weighted by Crippen LogP contribution is 2.25. The minimum Gasteiger partial charge on any atom is -0.261 e. The zero-order chi connectivity index (χ0) is 15.6. The van der Waals surface area contributed by atoms with Gasteiger partial charge in [0.2, 0.25) is 0 Å². The molecule has 2 atom stereocenters. The van der Waals surface area contributed by atoms with E-state index in [0.717, 1.165) is 0 Å². The molecule has 7 heteroatoms. The summed E-state index contributed by atoms with van der Waals surface area (Å²) in [4.78, 5) is 3.96. The van der Waals surface area contributed by atoms with E-state index in [9.17, 15) is 17.4 Å². The van der Waals surface area contributed by atoms with Gasteiger partial charge in [0.25, 0.3) is 0 Å². The first kappa shape index (κ1) is 17.1. The number of hydrogen-bond acceptors (Lipinski definition) is 2. The molecule has 114 valence electrons. The van der Waals surface area contributed by atoms with Crippen LogP contribution in [0.1, 0.15) is 32.0 Å². The number of hydrogen-bond donors (Lipinski definition) is 1. The molecule has 0 spiro atoms. The first-order valence-corrected chi connectivity index (χ1v) is 7.32. The fourth-order valence-electron chi connectivity index (χ4n) is 1.46. The molecule has 20 heavy (non-hydrogen) atoms. The second kappa shape index (κ2) is 6.22. The van der Waals surface area contributed by atoms with Gasteiger partial charge in [0.1, 0.15) is 6.04 Å². The van der Waals surface area contributed by atoms with Crippen molar-refractivity contribution >= 4 is 11.0 Å². The number of rotatable bonds is 4. The second-order valence-corrected chi connectivity index (χ2v) is 7.56. The van der Waals surface area contributed by atoms with E-state index in [1.807, 2.05) is 0 Å². The topological polar surface area (TPSA) is 42.0 Å². The lowest BCUT2D eigenvalue weighted by molar-refractivity contribution is -0.150. The number of aryl methyl sites for hydroxylation is 1. The van der Waals surface area contributed by atoms with Crippen molar-refractivity contribution in [1.29, 1.82) is 0 Å². The van der Waals surface area contributed by atoms with Crippen LogP contribution < -0.4 is 4.72 Å². The molecule has 0 bridgehead atoms. The quantitative estimate of drug-likeness (QED) is 0.929. The van der Waals surface area contributed by atoms with Crippen molar-refractivity contribution < 1.29 is 17.4 Å². The predicted molar refractivity (Wildman–Crippen MR) is 73.6 cm³/mol. The minimum absolute atomic E-state index is 0.335. The van der Waals surface area contributed by atoms with Crippen molar-refractivity contribution in [2.24, 2.45) is 0 Å². The normalized spacial score (nSPS) is 15.9. The predicted octanol–water partition coefficient (Wildman–Crippen LogP) is 2.92. The van der Waals surface area contributed by atoms with Crippen molar-refractivity contribution in [3.05, 3.63) is 29.6 Å². The second-order valence-electron chi connectivity index (χ2n) is 5.56. The van der Waals surface area contributed by atoms with E-state index in [1.165, 1.54) is 6.20 Å². The summed E-state index contributed by atoms with van der Waals surface area (Å²) in [7, 11) is -1.79. The molecule has 0 aliphatic rings. The number of nitrogens with one attached hydrogen (secondary N) is 1. The lowest BCUT2D eigenvalue weighted by Gasteiger charge is -2.26. The highest BCUT2D eigenvalue weighted by atomic mass is 32.2. The third-order valence-corrected chi connectivity index (χ3v) is 4.33. The Morgan fingerprint density at radius 1 is 1.35 bits per heavy atom. The Bertz CT molecular complexity index is 483. The van der Waals surface area contributed by atoms with Crippen LogP contribution in [0, 0.1) is 6.92 Å². The van der Waals surface area contributed by atoms with Crippen LogP contribution in [0.4, 0.5) is 13.2 Å². The lowest BCUT2D eigenvalue weighted by atomic mass is 10.1. The van der Waals surface area contributed by atoms with Gasteiger partial charge in [-0.2, -0.15) is 13.2 Å². The number of aromatic nitrogens is 1. The van der Waals surface area contributed by atoms with E-state index in [4.69, 9.17) is 0 Å². The van der Waals surface area contributed by atoms with Gasteiger partial charge in [-0.3, -0.25) is 4.98 Å². The Hall–Kier alpha value is -0.950.